The van der Waals surface area contributed by atoms with Crippen LogP contribution in [0.3, 0.4) is 0 Å². The van der Waals surface area contributed by atoms with Crippen molar-refractivity contribution in [3.63, 3.8) is 0 Å². The molecule has 0 aliphatic rings. The van der Waals surface area contributed by atoms with Crippen LogP contribution in [-0.2, 0) is 4.74 Å². The summed E-state index contributed by atoms with van der Waals surface area (Å²) in [6, 6.07) is 4.79. The number of ether oxygens (including phenoxy) is 1. The topological polar surface area (TPSA) is 21.3 Å². The lowest BCUT2D eigenvalue weighted by atomic mass is 9.94. The Bertz CT molecular complexity index is 375. The highest BCUT2D eigenvalue weighted by Crippen LogP contribution is 2.23. The maximum absolute atomic E-state index is 5.83. The molecular formula is C17H29NO. The van der Waals surface area contributed by atoms with E-state index in [0.29, 0.717) is 5.92 Å². The molecule has 0 spiro atoms. The number of benzene rings is 1. The van der Waals surface area contributed by atoms with E-state index in [1.54, 1.807) is 0 Å². The van der Waals surface area contributed by atoms with Gasteiger partial charge in [0.25, 0.3) is 0 Å². The normalized spacial score (nSPS) is 13.0. The average molecular weight is 263 g/mol. The van der Waals surface area contributed by atoms with Crippen LogP contribution in [0.4, 0.5) is 0 Å². The van der Waals surface area contributed by atoms with Crippen LogP contribution in [0.1, 0.15) is 48.6 Å². The summed E-state index contributed by atoms with van der Waals surface area (Å²) in [5.74, 6) is 0.705. The molecule has 0 aliphatic heterocycles. The van der Waals surface area contributed by atoms with Crippen LogP contribution in [0.25, 0.3) is 0 Å². The number of rotatable bonds is 7. The molecule has 19 heavy (non-hydrogen) atoms. The van der Waals surface area contributed by atoms with E-state index in [1.807, 2.05) is 7.05 Å². The molecule has 1 unspecified atom stereocenters. The number of hydrogen-bond donors (Lipinski definition) is 1. The summed E-state index contributed by atoms with van der Waals surface area (Å²) in [5.41, 5.74) is 5.42. The molecule has 0 fully saturated rings. The Balaban J connectivity index is 2.69. The highest BCUT2D eigenvalue weighted by molar-refractivity contribution is 5.39. The lowest BCUT2D eigenvalue weighted by molar-refractivity contribution is 0.104. The Morgan fingerprint density at radius 1 is 1.11 bits per heavy atom. The number of likely N-dealkylation sites (N-methyl/N-ethyl adjacent to an activating group) is 1. The fraction of sp³-hybridized carbons (Fsp3) is 0.647. The summed E-state index contributed by atoms with van der Waals surface area (Å²) in [6.07, 6.45) is 1.13. The molecule has 1 rings (SSSR count). The van der Waals surface area contributed by atoms with E-state index in [4.69, 9.17) is 4.74 Å². The van der Waals surface area contributed by atoms with Crippen molar-refractivity contribution in [1.29, 1.82) is 0 Å². The van der Waals surface area contributed by atoms with Gasteiger partial charge in [0, 0.05) is 6.61 Å². The van der Waals surface area contributed by atoms with Crippen LogP contribution in [0.5, 0.6) is 0 Å². The largest absolute Gasteiger partial charge is 0.379 e. The SMILES string of the molecule is CNC(COCCC(C)C)c1c(C)cc(C)cc1C. The highest BCUT2D eigenvalue weighted by Gasteiger charge is 2.15. The summed E-state index contributed by atoms with van der Waals surface area (Å²) in [5, 5.41) is 3.38. The van der Waals surface area contributed by atoms with Crippen molar-refractivity contribution in [3.8, 4) is 0 Å². The summed E-state index contributed by atoms with van der Waals surface area (Å²) in [4.78, 5) is 0. The molecule has 1 aromatic rings. The first-order valence-corrected chi connectivity index (χ1v) is 7.28. The van der Waals surface area contributed by atoms with Gasteiger partial charge in [-0.1, -0.05) is 31.5 Å². The summed E-state index contributed by atoms with van der Waals surface area (Å²) >= 11 is 0. The van der Waals surface area contributed by atoms with E-state index in [1.165, 1.54) is 22.3 Å². The fourth-order valence-electron chi connectivity index (χ4n) is 2.57. The van der Waals surface area contributed by atoms with Crippen molar-refractivity contribution in [2.45, 2.75) is 47.1 Å². The smallest absolute Gasteiger partial charge is 0.0661 e. The first kappa shape index (κ1) is 16.2. The molecule has 0 saturated carbocycles. The van der Waals surface area contributed by atoms with Gasteiger partial charge in [0.15, 0.2) is 0 Å². The Morgan fingerprint density at radius 3 is 2.16 bits per heavy atom. The molecule has 0 radical (unpaired) electrons. The van der Waals surface area contributed by atoms with E-state index < -0.39 is 0 Å². The summed E-state index contributed by atoms with van der Waals surface area (Å²) < 4.78 is 5.83. The lowest BCUT2D eigenvalue weighted by Gasteiger charge is -2.22. The first-order chi connectivity index (χ1) is 8.95. The van der Waals surface area contributed by atoms with E-state index >= 15 is 0 Å². The summed E-state index contributed by atoms with van der Waals surface area (Å²) in [6.45, 7) is 12.6. The van der Waals surface area contributed by atoms with Gasteiger partial charge in [-0.15, -0.1) is 0 Å². The third-order valence-corrected chi connectivity index (χ3v) is 3.56. The molecule has 1 N–H and O–H groups in total. The van der Waals surface area contributed by atoms with Crippen molar-refractivity contribution >= 4 is 0 Å². The minimum atomic E-state index is 0.285. The van der Waals surface area contributed by atoms with Crippen LogP contribution in [0.2, 0.25) is 0 Å². The zero-order valence-electron chi connectivity index (χ0n) is 13.3. The number of hydrogen-bond acceptors (Lipinski definition) is 2. The molecule has 108 valence electrons. The van der Waals surface area contributed by atoms with Gasteiger partial charge in [-0.3, -0.25) is 0 Å². The maximum Gasteiger partial charge on any atom is 0.0661 e. The van der Waals surface area contributed by atoms with E-state index in [2.05, 4.69) is 52.1 Å². The second-order valence-corrected chi connectivity index (χ2v) is 5.91. The van der Waals surface area contributed by atoms with Crippen molar-refractivity contribution in [1.82, 2.24) is 5.32 Å². The molecule has 0 bridgehead atoms. The van der Waals surface area contributed by atoms with Crippen LogP contribution in [0, 0.1) is 26.7 Å². The molecule has 1 atom stereocenters. The first-order valence-electron chi connectivity index (χ1n) is 7.28. The maximum atomic E-state index is 5.83. The zero-order valence-corrected chi connectivity index (χ0v) is 13.3. The van der Waals surface area contributed by atoms with Crippen LogP contribution >= 0.6 is 0 Å². The van der Waals surface area contributed by atoms with Gasteiger partial charge in [0.2, 0.25) is 0 Å². The van der Waals surface area contributed by atoms with Gasteiger partial charge in [-0.05, 0) is 56.8 Å². The van der Waals surface area contributed by atoms with Crippen molar-refractivity contribution < 1.29 is 4.74 Å². The average Bonchev–Trinajstić information content (AvgIpc) is 2.30. The van der Waals surface area contributed by atoms with Crippen LogP contribution in [-0.4, -0.2) is 20.3 Å². The van der Waals surface area contributed by atoms with E-state index in [9.17, 15) is 0 Å². The summed E-state index contributed by atoms with van der Waals surface area (Å²) in [7, 11) is 2.01. The minimum absolute atomic E-state index is 0.285. The van der Waals surface area contributed by atoms with Gasteiger partial charge in [0.1, 0.15) is 0 Å². The van der Waals surface area contributed by atoms with E-state index in [-0.39, 0.29) is 6.04 Å². The zero-order chi connectivity index (χ0) is 14.4. The Hall–Kier alpha value is -0.860. The van der Waals surface area contributed by atoms with Gasteiger partial charge in [0.05, 0.1) is 12.6 Å². The molecule has 1 aromatic carbocycles. The predicted molar refractivity (Wildman–Crippen MR) is 82.7 cm³/mol. The Kier molecular flexibility index (Phi) is 6.53. The van der Waals surface area contributed by atoms with E-state index in [0.717, 1.165) is 19.6 Å². The van der Waals surface area contributed by atoms with Gasteiger partial charge in [-0.2, -0.15) is 0 Å². The molecule has 0 heterocycles. The monoisotopic (exact) mass is 263 g/mol. The highest BCUT2D eigenvalue weighted by atomic mass is 16.5. The third kappa shape index (κ3) is 4.96. The third-order valence-electron chi connectivity index (χ3n) is 3.56. The second kappa shape index (κ2) is 7.66. The molecule has 0 aromatic heterocycles. The van der Waals surface area contributed by atoms with Crippen molar-refractivity contribution in [3.05, 3.63) is 34.4 Å². The molecule has 0 saturated heterocycles. The fourth-order valence-corrected chi connectivity index (χ4v) is 2.57. The lowest BCUT2D eigenvalue weighted by Crippen LogP contribution is -2.24. The van der Waals surface area contributed by atoms with Crippen LogP contribution < -0.4 is 5.32 Å². The standard InChI is InChI=1S/C17H29NO/c1-12(2)7-8-19-11-16(18-6)17-14(4)9-13(3)10-15(17)5/h9-10,12,16,18H,7-8,11H2,1-6H3. The molecular weight excluding hydrogens is 234 g/mol. The quantitative estimate of drug-likeness (QED) is 0.752. The second-order valence-electron chi connectivity index (χ2n) is 5.91. The van der Waals surface area contributed by atoms with Crippen LogP contribution in [0.15, 0.2) is 12.1 Å². The number of aryl methyl sites for hydroxylation is 3. The van der Waals surface area contributed by atoms with Crippen molar-refractivity contribution in [2.75, 3.05) is 20.3 Å². The predicted octanol–water partition coefficient (Wildman–Crippen LogP) is 3.94. The molecule has 2 nitrogen and oxygen atoms in total. The van der Waals surface area contributed by atoms with Gasteiger partial charge in [-0.25, -0.2) is 0 Å². The van der Waals surface area contributed by atoms with Crippen molar-refractivity contribution in [2.24, 2.45) is 5.92 Å². The number of nitrogens with one attached hydrogen (secondary N) is 1. The Morgan fingerprint density at radius 2 is 1.68 bits per heavy atom. The minimum Gasteiger partial charge on any atom is -0.379 e. The molecule has 0 amide bonds. The van der Waals surface area contributed by atoms with Gasteiger partial charge >= 0.3 is 0 Å². The van der Waals surface area contributed by atoms with Gasteiger partial charge < -0.3 is 10.1 Å². The molecule has 2 heteroatoms. The Labute approximate surface area is 118 Å². The molecule has 0 aliphatic carbocycles.